The Balaban J connectivity index is 2.20. The lowest BCUT2D eigenvalue weighted by Gasteiger charge is -2.23. The molecule has 2 aromatic heterocycles. The van der Waals surface area contributed by atoms with Gasteiger partial charge in [-0.05, 0) is 52.5 Å². The highest BCUT2D eigenvalue weighted by Gasteiger charge is 2.27. The molecule has 1 aliphatic heterocycles. The summed E-state index contributed by atoms with van der Waals surface area (Å²) >= 11 is 0. The fourth-order valence-electron chi connectivity index (χ4n) is 3.68. The molecule has 3 heterocycles. The first kappa shape index (κ1) is 18.9. The molecule has 0 bridgehead atoms. The Morgan fingerprint density at radius 3 is 2.27 bits per heavy atom. The number of aromatic nitrogens is 3. The molecule has 26 heavy (non-hydrogen) atoms. The van der Waals surface area contributed by atoms with Crippen LogP contribution in [0.2, 0.25) is 0 Å². The minimum absolute atomic E-state index is 0.137. The predicted molar refractivity (Wildman–Crippen MR) is 106 cm³/mol. The average molecular weight is 357 g/mol. The zero-order valence-corrected chi connectivity index (χ0v) is 17.1. The molecule has 0 N–H and O–H groups in total. The zero-order chi connectivity index (χ0) is 19.1. The molecular formula is C21H32N4O. The zero-order valence-electron chi connectivity index (χ0n) is 17.1. The topological polar surface area (TPSA) is 51.0 Å². The predicted octanol–water partition coefficient (Wildman–Crippen LogP) is 4.63. The van der Waals surface area contributed by atoms with E-state index in [9.17, 15) is 4.79 Å². The molecule has 0 aromatic carbocycles. The third kappa shape index (κ3) is 3.49. The first-order chi connectivity index (χ1) is 12.2. The van der Waals surface area contributed by atoms with Crippen LogP contribution < -0.4 is 0 Å². The van der Waals surface area contributed by atoms with Crippen molar-refractivity contribution in [1.82, 2.24) is 19.7 Å². The van der Waals surface area contributed by atoms with E-state index in [0.717, 1.165) is 53.9 Å². The number of pyridine rings is 1. The van der Waals surface area contributed by atoms with Gasteiger partial charge in [0.15, 0.2) is 5.65 Å². The Hall–Kier alpha value is -1.91. The van der Waals surface area contributed by atoms with E-state index in [4.69, 9.17) is 10.1 Å². The van der Waals surface area contributed by atoms with E-state index in [-0.39, 0.29) is 17.4 Å². The molecule has 0 spiro atoms. The van der Waals surface area contributed by atoms with Gasteiger partial charge in [-0.3, -0.25) is 4.79 Å². The Morgan fingerprint density at radius 2 is 1.73 bits per heavy atom. The van der Waals surface area contributed by atoms with E-state index in [1.807, 2.05) is 22.6 Å². The van der Waals surface area contributed by atoms with Gasteiger partial charge < -0.3 is 4.90 Å². The van der Waals surface area contributed by atoms with Gasteiger partial charge in [-0.2, -0.15) is 5.10 Å². The van der Waals surface area contributed by atoms with Gasteiger partial charge in [-0.25, -0.2) is 9.67 Å². The van der Waals surface area contributed by atoms with Crippen molar-refractivity contribution in [3.63, 3.8) is 0 Å². The molecule has 5 nitrogen and oxygen atoms in total. The molecule has 3 rings (SSSR count). The highest BCUT2D eigenvalue weighted by atomic mass is 16.2. The van der Waals surface area contributed by atoms with E-state index in [1.165, 1.54) is 12.8 Å². The smallest absolute Gasteiger partial charge is 0.254 e. The maximum Gasteiger partial charge on any atom is 0.254 e. The van der Waals surface area contributed by atoms with Gasteiger partial charge in [0.05, 0.1) is 22.2 Å². The number of hydrogen-bond donors (Lipinski definition) is 0. The largest absolute Gasteiger partial charge is 0.339 e. The third-order valence-electron chi connectivity index (χ3n) is 5.18. The Morgan fingerprint density at radius 1 is 1.12 bits per heavy atom. The second-order valence-electron chi connectivity index (χ2n) is 8.82. The summed E-state index contributed by atoms with van der Waals surface area (Å²) in [4.78, 5) is 20.3. The van der Waals surface area contributed by atoms with Gasteiger partial charge in [0.25, 0.3) is 5.91 Å². The monoisotopic (exact) mass is 356 g/mol. The van der Waals surface area contributed by atoms with Crippen LogP contribution in [0.5, 0.6) is 0 Å². The van der Waals surface area contributed by atoms with Gasteiger partial charge in [-0.1, -0.05) is 26.7 Å². The van der Waals surface area contributed by atoms with Crippen LogP contribution >= 0.6 is 0 Å². The van der Waals surface area contributed by atoms with Gasteiger partial charge in [0.1, 0.15) is 0 Å². The van der Waals surface area contributed by atoms with Crippen LogP contribution in [-0.2, 0) is 5.54 Å². The summed E-state index contributed by atoms with van der Waals surface area (Å²) in [5.41, 5.74) is 3.27. The van der Waals surface area contributed by atoms with Crippen LogP contribution in [0.4, 0.5) is 0 Å². The van der Waals surface area contributed by atoms with E-state index in [0.29, 0.717) is 0 Å². The number of fused-ring (bicyclic) bond motifs is 1. The summed E-state index contributed by atoms with van der Waals surface area (Å²) in [5, 5.41) is 5.67. The molecule has 0 saturated carbocycles. The molecule has 0 atom stereocenters. The van der Waals surface area contributed by atoms with Crippen LogP contribution in [0.15, 0.2) is 6.07 Å². The summed E-state index contributed by atoms with van der Waals surface area (Å²) < 4.78 is 1.97. The Labute approximate surface area is 156 Å². The normalized spacial score (nSPS) is 16.3. The van der Waals surface area contributed by atoms with Crippen molar-refractivity contribution in [3.05, 3.63) is 23.0 Å². The highest BCUT2D eigenvalue weighted by Crippen LogP contribution is 2.30. The molecule has 142 valence electrons. The van der Waals surface area contributed by atoms with Crippen LogP contribution in [0.1, 0.15) is 88.0 Å². The molecule has 1 saturated heterocycles. The summed E-state index contributed by atoms with van der Waals surface area (Å²) in [6.07, 6.45) is 4.62. The van der Waals surface area contributed by atoms with Crippen molar-refractivity contribution in [2.45, 2.75) is 78.7 Å². The second-order valence-corrected chi connectivity index (χ2v) is 8.82. The summed E-state index contributed by atoms with van der Waals surface area (Å²) in [6.45, 7) is 14.3. The number of likely N-dealkylation sites (tertiary alicyclic amines) is 1. The summed E-state index contributed by atoms with van der Waals surface area (Å²) in [5.74, 6) is 0.400. The molecule has 1 aliphatic rings. The standard InChI is InChI=1S/C21H32N4O/c1-14(2)17-13-16(20(26)24-11-9-7-8-10-12-24)18-15(3)23-25(19(18)22-17)21(4,5)6/h13-14H,7-12H2,1-6H3. The molecule has 1 amide bonds. The SMILES string of the molecule is Cc1nn(C(C)(C)C)c2nc(C(C)C)cc(C(=O)N3CCCCCC3)c12. The number of rotatable bonds is 2. The van der Waals surface area contributed by atoms with Crippen LogP contribution in [0, 0.1) is 6.92 Å². The number of amides is 1. The van der Waals surface area contributed by atoms with Crippen molar-refractivity contribution in [1.29, 1.82) is 0 Å². The van der Waals surface area contributed by atoms with Gasteiger partial charge in [0.2, 0.25) is 0 Å². The maximum absolute atomic E-state index is 13.4. The molecule has 0 radical (unpaired) electrons. The quantitative estimate of drug-likeness (QED) is 0.788. The van der Waals surface area contributed by atoms with E-state index in [2.05, 4.69) is 34.6 Å². The molecule has 0 aliphatic carbocycles. The van der Waals surface area contributed by atoms with E-state index >= 15 is 0 Å². The van der Waals surface area contributed by atoms with Crippen LogP contribution in [-0.4, -0.2) is 38.7 Å². The molecule has 0 unspecified atom stereocenters. The lowest BCUT2D eigenvalue weighted by atomic mass is 10.0. The van der Waals surface area contributed by atoms with E-state index < -0.39 is 0 Å². The summed E-state index contributed by atoms with van der Waals surface area (Å²) in [7, 11) is 0. The first-order valence-electron chi connectivity index (χ1n) is 9.90. The minimum Gasteiger partial charge on any atom is -0.339 e. The van der Waals surface area contributed by atoms with Crippen LogP contribution in [0.3, 0.4) is 0 Å². The van der Waals surface area contributed by atoms with Crippen LogP contribution in [0.25, 0.3) is 11.0 Å². The fourth-order valence-corrected chi connectivity index (χ4v) is 3.68. The van der Waals surface area contributed by atoms with Crippen molar-refractivity contribution in [3.8, 4) is 0 Å². The fraction of sp³-hybridized carbons (Fsp3) is 0.667. The highest BCUT2D eigenvalue weighted by molar-refractivity contribution is 6.06. The number of nitrogens with zero attached hydrogens (tertiary/aromatic N) is 4. The van der Waals surface area contributed by atoms with Gasteiger partial charge >= 0.3 is 0 Å². The van der Waals surface area contributed by atoms with Crippen molar-refractivity contribution in [2.24, 2.45) is 0 Å². The minimum atomic E-state index is -0.183. The number of carbonyl (C=O) groups is 1. The van der Waals surface area contributed by atoms with E-state index in [1.54, 1.807) is 0 Å². The average Bonchev–Trinajstić information content (AvgIpc) is 2.75. The number of aryl methyl sites for hydroxylation is 1. The van der Waals surface area contributed by atoms with Gasteiger partial charge in [0, 0.05) is 18.8 Å². The number of hydrogen-bond acceptors (Lipinski definition) is 3. The van der Waals surface area contributed by atoms with Gasteiger partial charge in [-0.15, -0.1) is 0 Å². The second kappa shape index (κ2) is 7.01. The maximum atomic E-state index is 13.4. The Bertz CT molecular complexity index is 806. The summed E-state index contributed by atoms with van der Waals surface area (Å²) in [6, 6.07) is 2.00. The van der Waals surface area contributed by atoms with Crippen molar-refractivity contribution >= 4 is 16.9 Å². The molecule has 2 aromatic rings. The number of carbonyl (C=O) groups excluding carboxylic acids is 1. The van der Waals surface area contributed by atoms with Crippen molar-refractivity contribution < 1.29 is 4.79 Å². The first-order valence-corrected chi connectivity index (χ1v) is 9.90. The molecule has 5 heteroatoms. The lowest BCUT2D eigenvalue weighted by molar-refractivity contribution is 0.0763. The van der Waals surface area contributed by atoms with Crippen molar-refractivity contribution in [2.75, 3.05) is 13.1 Å². The molecule has 1 fully saturated rings. The Kier molecular flexibility index (Phi) is 5.09. The molecular weight excluding hydrogens is 324 g/mol. The third-order valence-corrected chi connectivity index (χ3v) is 5.18. The lowest BCUT2D eigenvalue weighted by Crippen LogP contribution is -2.32.